The van der Waals surface area contributed by atoms with Gasteiger partial charge < -0.3 is 4.74 Å². The first-order valence-electron chi connectivity index (χ1n) is 5.15. The summed E-state index contributed by atoms with van der Waals surface area (Å²) in [6.07, 6.45) is 5.04. The van der Waals surface area contributed by atoms with E-state index in [0.29, 0.717) is 5.57 Å². The van der Waals surface area contributed by atoms with Crippen LogP contribution in [-0.4, -0.2) is 31.3 Å². The van der Waals surface area contributed by atoms with E-state index in [0.717, 1.165) is 0 Å². The van der Waals surface area contributed by atoms with Crippen LogP contribution in [0.15, 0.2) is 36.2 Å². The first-order valence-corrected chi connectivity index (χ1v) is 6.76. The molecule has 0 spiro atoms. The molecule has 0 aliphatic heterocycles. The van der Waals surface area contributed by atoms with Gasteiger partial charge in [-0.1, -0.05) is 6.07 Å². The third kappa shape index (κ3) is 5.55. The summed E-state index contributed by atoms with van der Waals surface area (Å²) in [6.45, 7) is 1.18. The Morgan fingerprint density at radius 2 is 1.94 bits per heavy atom. The molecule has 0 saturated heterocycles. The minimum atomic E-state index is -4.11. The molecule has 0 aliphatic rings. The first-order chi connectivity index (χ1) is 8.38. The van der Waals surface area contributed by atoms with Gasteiger partial charge in [0.15, 0.2) is 18.6 Å². The van der Waals surface area contributed by atoms with Gasteiger partial charge in [-0.25, -0.2) is 4.79 Å². The average molecular weight is 272 g/mol. The Kier molecular flexibility index (Phi) is 4.99. The Morgan fingerprint density at radius 1 is 1.33 bits per heavy atom. The Hall–Kier alpha value is -1.73. The highest BCUT2D eigenvalue weighted by Crippen LogP contribution is 1.96. The SMILES string of the molecule is CC(=C[n+]1ccccc1)C(=O)OCCS(=O)(=O)O. The van der Waals surface area contributed by atoms with Crippen LogP contribution < -0.4 is 4.57 Å². The summed E-state index contributed by atoms with van der Waals surface area (Å²) in [5.41, 5.74) is 0.321. The van der Waals surface area contributed by atoms with Crippen LogP contribution in [0.25, 0.3) is 6.20 Å². The van der Waals surface area contributed by atoms with Gasteiger partial charge >= 0.3 is 5.97 Å². The molecule has 18 heavy (non-hydrogen) atoms. The van der Waals surface area contributed by atoms with Gasteiger partial charge in [0.05, 0.1) is 5.57 Å². The number of nitrogens with zero attached hydrogens (tertiary/aromatic N) is 1. The zero-order valence-electron chi connectivity index (χ0n) is 9.81. The minimum Gasteiger partial charge on any atom is -0.461 e. The van der Waals surface area contributed by atoms with Gasteiger partial charge in [-0.05, 0) is 6.92 Å². The minimum absolute atomic E-state index is 0.321. The molecule has 0 aliphatic carbocycles. The second-order valence-corrected chi connectivity index (χ2v) is 5.13. The number of pyridine rings is 1. The summed E-state index contributed by atoms with van der Waals surface area (Å²) in [7, 11) is -4.11. The fourth-order valence-electron chi connectivity index (χ4n) is 1.13. The van der Waals surface area contributed by atoms with Crippen molar-refractivity contribution in [1.29, 1.82) is 0 Å². The topological polar surface area (TPSA) is 84.5 Å². The summed E-state index contributed by atoms with van der Waals surface area (Å²) in [6, 6.07) is 5.44. The molecule has 1 N–H and O–H groups in total. The van der Waals surface area contributed by atoms with Crippen molar-refractivity contribution >= 4 is 22.3 Å². The molecule has 0 amide bonds. The predicted octanol–water partition coefficient (Wildman–Crippen LogP) is 0.266. The van der Waals surface area contributed by atoms with Crippen LogP contribution in [0, 0.1) is 0 Å². The van der Waals surface area contributed by atoms with Crippen LogP contribution in [0.1, 0.15) is 6.92 Å². The zero-order chi connectivity index (χ0) is 13.6. The molecule has 6 nitrogen and oxygen atoms in total. The van der Waals surface area contributed by atoms with Crippen molar-refractivity contribution in [2.75, 3.05) is 12.4 Å². The Balaban J connectivity index is 2.54. The number of hydrogen-bond donors (Lipinski definition) is 1. The van der Waals surface area contributed by atoms with Crippen molar-refractivity contribution in [2.45, 2.75) is 6.92 Å². The molecule has 1 rings (SSSR count). The summed E-state index contributed by atoms with van der Waals surface area (Å²) in [4.78, 5) is 11.5. The largest absolute Gasteiger partial charge is 0.461 e. The highest BCUT2D eigenvalue weighted by atomic mass is 32.2. The molecule has 1 aromatic heterocycles. The van der Waals surface area contributed by atoms with Crippen LogP contribution >= 0.6 is 0 Å². The molecule has 1 aromatic rings. The Labute approximate surface area is 105 Å². The standard InChI is InChI=1S/C11H13NO5S/c1-10(9-12-5-3-2-4-6-12)11(13)17-7-8-18(14,15)16/h2-6,9H,7-8H2,1H3/p+1. The summed E-state index contributed by atoms with van der Waals surface area (Å²) in [5, 5.41) is 0. The first kappa shape index (κ1) is 14.3. The quantitative estimate of drug-likeness (QED) is 0.360. The third-order valence-corrected chi connectivity index (χ3v) is 2.66. The summed E-state index contributed by atoms with van der Waals surface area (Å²) >= 11 is 0. The molecule has 98 valence electrons. The van der Waals surface area contributed by atoms with Crippen molar-refractivity contribution in [2.24, 2.45) is 0 Å². The van der Waals surface area contributed by atoms with Gasteiger partial charge in [0, 0.05) is 12.1 Å². The lowest BCUT2D eigenvalue weighted by Gasteiger charge is -2.01. The number of esters is 1. The van der Waals surface area contributed by atoms with Crippen LogP contribution in [0.2, 0.25) is 0 Å². The summed E-state index contributed by atoms with van der Waals surface area (Å²) < 4.78 is 35.7. The van der Waals surface area contributed by atoms with Crippen molar-refractivity contribution in [3.8, 4) is 0 Å². The lowest BCUT2D eigenvalue weighted by atomic mass is 10.3. The second kappa shape index (κ2) is 6.27. The molecule has 0 saturated carbocycles. The van der Waals surface area contributed by atoms with E-state index in [1.165, 1.54) is 0 Å². The highest BCUT2D eigenvalue weighted by molar-refractivity contribution is 7.85. The smallest absolute Gasteiger partial charge is 0.339 e. The lowest BCUT2D eigenvalue weighted by Crippen LogP contribution is -2.26. The van der Waals surface area contributed by atoms with E-state index in [9.17, 15) is 13.2 Å². The maximum atomic E-state index is 11.5. The van der Waals surface area contributed by atoms with Crippen LogP contribution in [-0.2, 0) is 19.6 Å². The monoisotopic (exact) mass is 272 g/mol. The van der Waals surface area contributed by atoms with E-state index in [1.54, 1.807) is 42.2 Å². The van der Waals surface area contributed by atoms with Crippen LogP contribution in [0.3, 0.4) is 0 Å². The van der Waals surface area contributed by atoms with Gasteiger partial charge in [-0.2, -0.15) is 13.0 Å². The molecule has 0 fully saturated rings. The maximum absolute atomic E-state index is 11.5. The van der Waals surface area contributed by atoms with Crippen LogP contribution in [0.4, 0.5) is 0 Å². The normalized spacial score (nSPS) is 12.2. The number of aromatic nitrogens is 1. The van der Waals surface area contributed by atoms with E-state index in [1.807, 2.05) is 6.07 Å². The lowest BCUT2D eigenvalue weighted by molar-refractivity contribution is -0.568. The fourth-order valence-corrected chi connectivity index (χ4v) is 1.42. The fraction of sp³-hybridized carbons (Fsp3) is 0.273. The van der Waals surface area contributed by atoms with Gasteiger partial charge in [-0.15, -0.1) is 0 Å². The Bertz CT molecular complexity index is 536. The zero-order valence-corrected chi connectivity index (χ0v) is 10.6. The maximum Gasteiger partial charge on any atom is 0.339 e. The van der Waals surface area contributed by atoms with Crippen molar-refractivity contribution < 1.29 is 27.1 Å². The predicted molar refractivity (Wildman–Crippen MR) is 64.0 cm³/mol. The number of rotatable bonds is 5. The second-order valence-electron chi connectivity index (χ2n) is 3.56. The van der Waals surface area contributed by atoms with Gasteiger partial charge in [0.1, 0.15) is 12.4 Å². The molecular formula is C11H14NO5S+. The molecule has 0 radical (unpaired) electrons. The molecular weight excluding hydrogens is 258 g/mol. The van der Waals surface area contributed by atoms with E-state index in [4.69, 9.17) is 9.29 Å². The number of carbonyl (C=O) groups excluding carboxylic acids is 1. The summed E-state index contributed by atoms with van der Waals surface area (Å²) in [5.74, 6) is -1.24. The van der Waals surface area contributed by atoms with Crippen LogP contribution in [0.5, 0.6) is 0 Å². The molecule has 1 heterocycles. The van der Waals surface area contributed by atoms with E-state index < -0.39 is 21.8 Å². The van der Waals surface area contributed by atoms with Crippen molar-refractivity contribution in [1.82, 2.24) is 0 Å². The molecule has 0 atom stereocenters. The van der Waals surface area contributed by atoms with Gasteiger partial charge in [0.2, 0.25) is 0 Å². The number of hydrogen-bond acceptors (Lipinski definition) is 4. The van der Waals surface area contributed by atoms with Crippen molar-refractivity contribution in [3.63, 3.8) is 0 Å². The Morgan fingerprint density at radius 3 is 2.50 bits per heavy atom. The number of ether oxygens (including phenoxy) is 1. The van der Waals surface area contributed by atoms with E-state index in [-0.39, 0.29) is 6.61 Å². The molecule has 0 bridgehead atoms. The third-order valence-electron chi connectivity index (χ3n) is 1.98. The molecule has 7 heteroatoms. The molecule has 0 aromatic carbocycles. The van der Waals surface area contributed by atoms with E-state index in [2.05, 4.69) is 0 Å². The van der Waals surface area contributed by atoms with Crippen molar-refractivity contribution in [3.05, 3.63) is 36.2 Å². The highest BCUT2D eigenvalue weighted by Gasteiger charge is 2.11. The molecule has 0 unspecified atom stereocenters. The van der Waals surface area contributed by atoms with E-state index >= 15 is 0 Å². The van der Waals surface area contributed by atoms with Gasteiger partial charge in [0.25, 0.3) is 10.1 Å². The van der Waals surface area contributed by atoms with Gasteiger partial charge in [-0.3, -0.25) is 4.55 Å². The number of carbonyl (C=O) groups is 1. The average Bonchev–Trinajstić information content (AvgIpc) is 2.28.